The number of phenolic OH excluding ortho intramolecular Hbond substituents is 1. The zero-order valence-electron chi connectivity index (χ0n) is 40.2. The van der Waals surface area contributed by atoms with Gasteiger partial charge in [0.15, 0.2) is 0 Å². The van der Waals surface area contributed by atoms with Gasteiger partial charge in [-0.2, -0.15) is 30.3 Å². The van der Waals surface area contributed by atoms with E-state index in [0.717, 1.165) is 56.4 Å². The number of pyridine rings is 2. The van der Waals surface area contributed by atoms with Gasteiger partial charge in [0.25, 0.3) is 0 Å². The van der Waals surface area contributed by atoms with Crippen LogP contribution in [0.2, 0.25) is 0 Å². The molecule has 0 fully saturated rings. The Bertz CT molecular complexity index is 3260. The molecule has 8 aromatic carbocycles. The molecule has 3 heterocycles. The third kappa shape index (κ3) is 10.5. The number of hydrogen-bond acceptors (Lipinski definition) is 5. The number of fused-ring (bicyclic) bond motifs is 1. The molecule has 0 radical (unpaired) electrons. The van der Waals surface area contributed by atoms with Gasteiger partial charge in [-0.05, 0) is 98.3 Å². The van der Waals surface area contributed by atoms with Gasteiger partial charge in [0, 0.05) is 35.2 Å². The molecule has 1 aliphatic rings. The molecule has 11 rings (SSSR count). The summed E-state index contributed by atoms with van der Waals surface area (Å²) in [6.07, 6.45) is 3.62. The molecule has 348 valence electrons. The average Bonchev–Trinajstić information content (AvgIpc) is 3.80. The van der Waals surface area contributed by atoms with E-state index in [-0.39, 0.29) is 25.9 Å². The topological polar surface area (TPSA) is 52.5 Å². The van der Waals surface area contributed by atoms with E-state index in [9.17, 15) is 5.11 Å². The number of anilines is 4. The number of hydrogen-bond donors (Lipinski definition) is 1. The summed E-state index contributed by atoms with van der Waals surface area (Å²) in [5.74, 6) is 0.952. The maximum absolute atomic E-state index is 10.7. The molecule has 0 unspecified atom stereocenters. The van der Waals surface area contributed by atoms with Crippen LogP contribution in [0, 0.1) is 18.8 Å². The van der Waals surface area contributed by atoms with Crippen LogP contribution in [0.3, 0.4) is 0 Å². The SMILES string of the molecule is CC(C)c1cc(-c2ccccc2)cc(C(C)C)c1-c1ccc2c(c1)N(c1[c-]cccc1)[CH-]N2c1ccccc1O.[Ir+3].[c-]1c(-c2ccccn2)cc(-c2ccc(-c3ccccc3)cc2)cc1-c1ccccn1. The van der Waals surface area contributed by atoms with Crippen LogP contribution in [0.25, 0.3) is 67.0 Å². The zero-order valence-corrected chi connectivity index (χ0v) is 42.6. The van der Waals surface area contributed by atoms with Gasteiger partial charge in [0.05, 0.1) is 5.69 Å². The molecule has 0 atom stereocenters. The van der Waals surface area contributed by atoms with Crippen molar-refractivity contribution in [2.45, 2.75) is 39.5 Å². The second-order valence-corrected chi connectivity index (χ2v) is 18.1. The third-order valence-electron chi connectivity index (χ3n) is 12.7. The summed E-state index contributed by atoms with van der Waals surface area (Å²) in [5.41, 5.74) is 19.9. The van der Waals surface area contributed by atoms with E-state index in [1.165, 1.54) is 44.5 Å². The van der Waals surface area contributed by atoms with E-state index in [0.29, 0.717) is 11.8 Å². The number of nitrogens with zero attached hydrogens (tertiary/aromatic N) is 4. The first-order chi connectivity index (χ1) is 34.3. The van der Waals surface area contributed by atoms with Gasteiger partial charge < -0.3 is 14.9 Å². The van der Waals surface area contributed by atoms with Crippen molar-refractivity contribution in [3.8, 4) is 72.8 Å². The van der Waals surface area contributed by atoms with E-state index >= 15 is 0 Å². The second-order valence-electron chi connectivity index (χ2n) is 18.1. The van der Waals surface area contributed by atoms with Crippen molar-refractivity contribution >= 4 is 22.7 Å². The first-order valence-corrected chi connectivity index (χ1v) is 23.9. The summed E-state index contributed by atoms with van der Waals surface area (Å²) in [5, 5.41) is 10.7. The Labute approximate surface area is 432 Å². The van der Waals surface area contributed by atoms with Crippen molar-refractivity contribution in [3.63, 3.8) is 0 Å². The van der Waals surface area contributed by atoms with Crippen LogP contribution in [0.5, 0.6) is 5.75 Å². The number of para-hydroxylation sites is 3. The van der Waals surface area contributed by atoms with Gasteiger partial charge in [0.2, 0.25) is 0 Å². The number of phenols is 1. The van der Waals surface area contributed by atoms with Crippen LogP contribution < -0.4 is 9.80 Å². The van der Waals surface area contributed by atoms with E-state index in [4.69, 9.17) is 0 Å². The fourth-order valence-corrected chi connectivity index (χ4v) is 9.17. The first-order valence-electron chi connectivity index (χ1n) is 23.9. The Balaban J connectivity index is 0.000000180. The fraction of sp³-hybridized carbons (Fsp3) is 0.0923. The molecule has 0 saturated heterocycles. The van der Waals surface area contributed by atoms with Crippen LogP contribution in [-0.2, 0) is 20.1 Å². The van der Waals surface area contributed by atoms with Gasteiger partial charge in [-0.1, -0.05) is 184 Å². The predicted octanol–water partition coefficient (Wildman–Crippen LogP) is 17.1. The van der Waals surface area contributed by atoms with E-state index in [2.05, 4.69) is 187 Å². The monoisotopic (exact) mass is 1100 g/mol. The van der Waals surface area contributed by atoms with E-state index in [1.54, 1.807) is 6.07 Å². The largest absolute Gasteiger partial charge is 3.00 e. The van der Waals surface area contributed by atoms with Crippen LogP contribution in [0.4, 0.5) is 22.7 Å². The second kappa shape index (κ2) is 21.8. The number of rotatable bonds is 10. The number of aromatic nitrogens is 2. The van der Waals surface area contributed by atoms with Crippen molar-refractivity contribution in [1.82, 2.24) is 9.97 Å². The van der Waals surface area contributed by atoms with Crippen LogP contribution >= 0.6 is 0 Å². The van der Waals surface area contributed by atoms with Gasteiger partial charge in [-0.25, -0.2) is 0 Å². The molecular weight excluding hydrogens is 1040 g/mol. The molecule has 0 spiro atoms. The van der Waals surface area contributed by atoms with Crippen LogP contribution in [0.1, 0.15) is 50.7 Å². The van der Waals surface area contributed by atoms with Crippen LogP contribution in [0.15, 0.2) is 225 Å². The Kier molecular flexibility index (Phi) is 14.8. The van der Waals surface area contributed by atoms with Crippen molar-refractivity contribution in [3.05, 3.63) is 255 Å². The molecule has 0 aliphatic carbocycles. The molecular formula is C65H53IrN4O. The maximum Gasteiger partial charge on any atom is 3.00 e. The number of aromatic hydroxyl groups is 1. The van der Waals surface area contributed by atoms with Crippen molar-refractivity contribution in [1.29, 1.82) is 0 Å². The Morgan fingerprint density at radius 3 is 1.46 bits per heavy atom. The normalized spacial score (nSPS) is 11.7. The molecule has 5 nitrogen and oxygen atoms in total. The van der Waals surface area contributed by atoms with E-state index < -0.39 is 0 Å². The van der Waals surface area contributed by atoms with E-state index in [1.807, 2.05) is 97.9 Å². The third-order valence-corrected chi connectivity index (χ3v) is 12.7. The van der Waals surface area contributed by atoms with Crippen molar-refractivity contribution in [2.75, 3.05) is 9.80 Å². The fourth-order valence-electron chi connectivity index (χ4n) is 9.17. The molecule has 0 amide bonds. The minimum atomic E-state index is 0. The minimum absolute atomic E-state index is 0. The summed E-state index contributed by atoms with van der Waals surface area (Å²) < 4.78 is 0. The number of benzene rings is 8. The van der Waals surface area contributed by atoms with Gasteiger partial charge in [-0.3, -0.25) is 9.97 Å². The Morgan fingerprint density at radius 2 is 0.930 bits per heavy atom. The molecule has 1 aliphatic heterocycles. The quantitative estimate of drug-likeness (QED) is 0.138. The zero-order chi connectivity index (χ0) is 48.0. The van der Waals surface area contributed by atoms with Crippen molar-refractivity contribution in [2.24, 2.45) is 0 Å². The summed E-state index contributed by atoms with van der Waals surface area (Å²) >= 11 is 0. The smallest absolute Gasteiger partial charge is 0.506 e. The molecule has 1 N–H and O–H groups in total. The predicted molar refractivity (Wildman–Crippen MR) is 290 cm³/mol. The van der Waals surface area contributed by atoms with Crippen molar-refractivity contribution < 1.29 is 25.2 Å². The van der Waals surface area contributed by atoms with Crippen LogP contribution in [-0.4, -0.2) is 15.1 Å². The molecule has 71 heavy (non-hydrogen) atoms. The summed E-state index contributed by atoms with van der Waals surface area (Å²) in [7, 11) is 0. The maximum atomic E-state index is 10.7. The molecule has 10 aromatic rings. The molecule has 0 bridgehead atoms. The minimum Gasteiger partial charge on any atom is -0.506 e. The van der Waals surface area contributed by atoms with Gasteiger partial charge in [-0.15, -0.1) is 30.6 Å². The summed E-state index contributed by atoms with van der Waals surface area (Å²) in [6.45, 7) is 11.2. The molecule has 6 heteroatoms. The Hall–Kier alpha value is -7.89. The van der Waals surface area contributed by atoms with Gasteiger partial charge in [0.1, 0.15) is 5.75 Å². The summed E-state index contributed by atoms with van der Waals surface area (Å²) in [4.78, 5) is 13.3. The first kappa shape index (κ1) is 48.1. The molecule has 2 aromatic heterocycles. The molecule has 0 saturated carbocycles. The standard InChI is InChI=1S/C37H34N2O.C28H19N2.Ir/c1-25(2)31-21-29(27-13-7-5-8-14-27)22-32(26(3)4)37(31)28-19-20-33-35(23-28)38(30-15-9-6-10-16-30)24-39(33)34-17-11-12-18-36(34)40;1-2-8-21(9-3-1)22-12-14-23(15-13-22)24-18-25(27-10-4-6-16-29-27)20-26(19-24)28-11-5-7-17-30-28;/h5-15,17-26,40H,1-4H3;1-19H;/q-2;-1;+3. The Morgan fingerprint density at radius 1 is 0.437 bits per heavy atom. The summed E-state index contributed by atoms with van der Waals surface area (Å²) in [6, 6.07) is 79.7. The van der Waals surface area contributed by atoms with Gasteiger partial charge >= 0.3 is 20.1 Å². The average molecular weight is 1100 g/mol.